The van der Waals surface area contributed by atoms with E-state index in [4.69, 9.17) is 4.42 Å². The van der Waals surface area contributed by atoms with Crippen molar-refractivity contribution in [1.82, 2.24) is 15.3 Å². The number of aromatic amines is 1. The molecule has 106 valence electrons. The van der Waals surface area contributed by atoms with E-state index in [-0.39, 0.29) is 11.5 Å². The van der Waals surface area contributed by atoms with Gasteiger partial charge in [-0.2, -0.15) is 0 Å². The van der Waals surface area contributed by atoms with Crippen LogP contribution >= 0.6 is 11.3 Å². The summed E-state index contributed by atoms with van der Waals surface area (Å²) in [6.07, 6.45) is 5.90. The van der Waals surface area contributed by atoms with Gasteiger partial charge in [-0.25, -0.2) is 4.98 Å². The molecule has 0 spiro atoms. The van der Waals surface area contributed by atoms with Crippen LogP contribution in [0, 0.1) is 0 Å². The van der Waals surface area contributed by atoms with E-state index in [1.807, 2.05) is 0 Å². The summed E-state index contributed by atoms with van der Waals surface area (Å²) in [4.78, 5) is 31.4. The number of hydrogen-bond donors (Lipinski definition) is 2. The average Bonchev–Trinajstić information content (AvgIpc) is 3.12. The fourth-order valence-electron chi connectivity index (χ4n) is 1.78. The van der Waals surface area contributed by atoms with Crippen LogP contribution in [0.5, 0.6) is 0 Å². The molecule has 0 fully saturated rings. The average molecular weight is 301 g/mol. The topological polar surface area (TPSA) is 88.0 Å². The number of furan rings is 1. The van der Waals surface area contributed by atoms with Crippen molar-refractivity contribution in [1.29, 1.82) is 0 Å². The maximum atomic E-state index is 11.7. The molecule has 0 aliphatic rings. The van der Waals surface area contributed by atoms with E-state index >= 15 is 0 Å². The van der Waals surface area contributed by atoms with Crippen LogP contribution in [0.4, 0.5) is 0 Å². The second kappa shape index (κ2) is 5.76. The zero-order chi connectivity index (χ0) is 14.7. The molecule has 0 aliphatic heterocycles. The summed E-state index contributed by atoms with van der Waals surface area (Å²) < 4.78 is 5.09. The third-order valence-electron chi connectivity index (χ3n) is 2.76. The van der Waals surface area contributed by atoms with Gasteiger partial charge in [0.15, 0.2) is 0 Å². The number of nitrogens with zero attached hydrogens (tertiary/aromatic N) is 1. The Labute approximate surface area is 123 Å². The summed E-state index contributed by atoms with van der Waals surface area (Å²) in [5.74, 6) is 0.383. The van der Waals surface area contributed by atoms with Crippen molar-refractivity contribution in [2.24, 2.45) is 0 Å². The number of H-pyrrole nitrogens is 1. The summed E-state index contributed by atoms with van der Waals surface area (Å²) in [6.45, 7) is 0.349. The van der Waals surface area contributed by atoms with E-state index in [0.29, 0.717) is 22.5 Å². The molecule has 3 rings (SSSR count). The molecule has 21 heavy (non-hydrogen) atoms. The number of amides is 1. The minimum absolute atomic E-state index is 0.174. The molecule has 0 radical (unpaired) electrons. The first-order valence-corrected chi connectivity index (χ1v) is 6.99. The SMILES string of the molecule is O=C(/C=C/c1ccco1)NCc1cc2c(=O)[nH]cnc2s1. The number of carbonyl (C=O) groups is 1. The molecular formula is C14H11N3O3S. The van der Waals surface area contributed by atoms with Crippen molar-refractivity contribution < 1.29 is 9.21 Å². The number of nitrogens with one attached hydrogen (secondary N) is 2. The van der Waals surface area contributed by atoms with Crippen LogP contribution in [0.3, 0.4) is 0 Å². The summed E-state index contributed by atoms with van der Waals surface area (Å²) in [5.41, 5.74) is -0.174. The summed E-state index contributed by atoms with van der Waals surface area (Å²) in [5, 5.41) is 3.28. The van der Waals surface area contributed by atoms with E-state index in [0.717, 1.165) is 4.88 Å². The standard InChI is InChI=1S/C14H11N3O3S/c18-12(4-3-9-2-1-5-20-9)15-7-10-6-11-13(19)16-8-17-14(11)21-10/h1-6,8H,7H2,(H,15,18)(H,16,17,19)/b4-3+. The minimum atomic E-state index is -0.231. The number of hydrogen-bond acceptors (Lipinski definition) is 5. The quantitative estimate of drug-likeness (QED) is 0.720. The zero-order valence-corrected chi connectivity index (χ0v) is 11.6. The molecule has 3 aromatic heterocycles. The Kier molecular flexibility index (Phi) is 3.65. The highest BCUT2D eigenvalue weighted by Gasteiger charge is 2.06. The van der Waals surface area contributed by atoms with Crippen molar-refractivity contribution in [3.8, 4) is 0 Å². The summed E-state index contributed by atoms with van der Waals surface area (Å²) in [6, 6.07) is 5.25. The van der Waals surface area contributed by atoms with Crippen molar-refractivity contribution in [2.45, 2.75) is 6.54 Å². The summed E-state index contributed by atoms with van der Waals surface area (Å²) >= 11 is 1.38. The molecule has 7 heteroatoms. The van der Waals surface area contributed by atoms with Gasteiger partial charge in [0.1, 0.15) is 10.6 Å². The molecule has 6 nitrogen and oxygen atoms in total. The molecule has 1 amide bonds. The number of carbonyl (C=O) groups excluding carboxylic acids is 1. The van der Waals surface area contributed by atoms with Crippen LogP contribution < -0.4 is 10.9 Å². The molecule has 0 saturated heterocycles. The smallest absolute Gasteiger partial charge is 0.259 e. The van der Waals surface area contributed by atoms with Gasteiger partial charge in [0.05, 0.1) is 24.5 Å². The van der Waals surface area contributed by atoms with Crippen molar-refractivity contribution >= 4 is 33.5 Å². The lowest BCUT2D eigenvalue weighted by Crippen LogP contribution is -2.19. The Morgan fingerprint density at radius 1 is 1.52 bits per heavy atom. The molecular weight excluding hydrogens is 290 g/mol. The Morgan fingerprint density at radius 2 is 2.43 bits per heavy atom. The first kappa shape index (κ1) is 13.3. The van der Waals surface area contributed by atoms with Gasteiger partial charge in [0.25, 0.3) is 5.56 Å². The lowest BCUT2D eigenvalue weighted by molar-refractivity contribution is -0.116. The maximum absolute atomic E-state index is 11.7. The number of fused-ring (bicyclic) bond motifs is 1. The third-order valence-corrected chi connectivity index (χ3v) is 3.81. The van der Waals surface area contributed by atoms with E-state index in [9.17, 15) is 9.59 Å². The molecule has 0 aromatic carbocycles. The number of rotatable bonds is 4. The molecule has 3 aromatic rings. The van der Waals surface area contributed by atoms with Gasteiger partial charge in [-0.1, -0.05) is 0 Å². The molecule has 3 heterocycles. The molecule has 0 bridgehead atoms. The van der Waals surface area contributed by atoms with Crippen molar-refractivity contribution in [3.63, 3.8) is 0 Å². The highest BCUT2D eigenvalue weighted by molar-refractivity contribution is 7.18. The monoisotopic (exact) mass is 301 g/mol. The first-order valence-electron chi connectivity index (χ1n) is 6.18. The van der Waals surface area contributed by atoms with Crippen LogP contribution in [0.2, 0.25) is 0 Å². The Bertz CT molecular complexity index is 846. The Morgan fingerprint density at radius 3 is 3.19 bits per heavy atom. The molecule has 2 N–H and O–H groups in total. The molecule has 0 atom stereocenters. The molecule has 0 saturated carbocycles. The summed E-state index contributed by atoms with van der Waals surface area (Å²) in [7, 11) is 0. The highest BCUT2D eigenvalue weighted by Crippen LogP contribution is 2.20. The van der Waals surface area contributed by atoms with E-state index in [2.05, 4.69) is 15.3 Å². The van der Waals surface area contributed by atoms with Crippen LogP contribution in [0.15, 0.2) is 46.1 Å². The van der Waals surface area contributed by atoms with E-state index < -0.39 is 0 Å². The normalized spacial score (nSPS) is 11.2. The molecule has 0 aliphatic carbocycles. The molecule has 0 unspecified atom stereocenters. The van der Waals surface area contributed by atoms with Crippen LogP contribution in [0.1, 0.15) is 10.6 Å². The maximum Gasteiger partial charge on any atom is 0.259 e. The fourth-order valence-corrected chi connectivity index (χ4v) is 2.72. The minimum Gasteiger partial charge on any atom is -0.465 e. The van der Waals surface area contributed by atoms with Crippen LogP contribution in [0.25, 0.3) is 16.3 Å². The number of aromatic nitrogens is 2. The fraction of sp³-hybridized carbons (Fsp3) is 0.0714. The zero-order valence-electron chi connectivity index (χ0n) is 10.8. The van der Waals surface area contributed by atoms with Gasteiger partial charge in [-0.3, -0.25) is 9.59 Å². The van der Waals surface area contributed by atoms with Crippen molar-refractivity contribution in [2.75, 3.05) is 0 Å². The van der Waals surface area contributed by atoms with Gasteiger partial charge < -0.3 is 14.7 Å². The second-order valence-electron chi connectivity index (χ2n) is 4.23. The van der Waals surface area contributed by atoms with E-state index in [1.54, 1.807) is 30.5 Å². The van der Waals surface area contributed by atoms with Gasteiger partial charge in [0.2, 0.25) is 5.91 Å². The predicted molar refractivity (Wildman–Crippen MR) is 79.8 cm³/mol. The van der Waals surface area contributed by atoms with Gasteiger partial charge >= 0.3 is 0 Å². The van der Waals surface area contributed by atoms with Gasteiger partial charge in [-0.15, -0.1) is 11.3 Å². The Hall–Kier alpha value is -2.67. The second-order valence-corrected chi connectivity index (χ2v) is 5.34. The van der Waals surface area contributed by atoms with Gasteiger partial charge in [-0.05, 0) is 24.3 Å². The lowest BCUT2D eigenvalue weighted by atomic mass is 10.3. The number of thiophene rings is 1. The van der Waals surface area contributed by atoms with Crippen molar-refractivity contribution in [3.05, 3.63) is 57.9 Å². The van der Waals surface area contributed by atoms with Crippen LogP contribution in [-0.2, 0) is 11.3 Å². The largest absolute Gasteiger partial charge is 0.465 e. The third kappa shape index (κ3) is 3.09. The van der Waals surface area contributed by atoms with Crippen LogP contribution in [-0.4, -0.2) is 15.9 Å². The lowest BCUT2D eigenvalue weighted by Gasteiger charge is -1.97. The van der Waals surface area contributed by atoms with E-state index in [1.165, 1.54) is 23.7 Å². The highest BCUT2D eigenvalue weighted by atomic mass is 32.1. The Balaban J connectivity index is 1.65. The first-order chi connectivity index (χ1) is 10.2. The predicted octanol–water partition coefficient (Wildman–Crippen LogP) is 1.91. The van der Waals surface area contributed by atoms with Gasteiger partial charge in [0, 0.05) is 11.0 Å².